The van der Waals surface area contributed by atoms with Crippen LogP contribution in [0.15, 0.2) is 59.2 Å². The quantitative estimate of drug-likeness (QED) is 0.568. The van der Waals surface area contributed by atoms with Crippen molar-refractivity contribution >= 4 is 24.0 Å². The second-order valence-electron chi connectivity index (χ2n) is 6.18. The van der Waals surface area contributed by atoms with Crippen molar-refractivity contribution in [2.24, 2.45) is 0 Å². The highest BCUT2D eigenvalue weighted by atomic mass is 19.1. The second-order valence-corrected chi connectivity index (χ2v) is 6.18. The number of aryl methyl sites for hydroxylation is 1. The van der Waals surface area contributed by atoms with Crippen molar-refractivity contribution in [1.82, 2.24) is 5.32 Å². The Balaban J connectivity index is 1.62. The van der Waals surface area contributed by atoms with E-state index in [1.165, 1.54) is 12.1 Å². The number of rotatable bonds is 7. The Morgan fingerprint density at radius 2 is 2.00 bits per heavy atom. The van der Waals surface area contributed by atoms with Crippen LogP contribution in [0.3, 0.4) is 0 Å². The third-order valence-electron chi connectivity index (χ3n) is 4.24. The minimum Gasteiger partial charge on any atom is -0.464 e. The van der Waals surface area contributed by atoms with Crippen LogP contribution in [0.25, 0.3) is 11.0 Å². The van der Waals surface area contributed by atoms with E-state index in [-0.39, 0.29) is 24.6 Å². The molecule has 0 saturated carbocycles. The molecular formula is C19H19BFNO4. The van der Waals surface area contributed by atoms with Gasteiger partial charge in [0, 0.05) is 11.8 Å². The zero-order valence-corrected chi connectivity index (χ0v) is 14.1. The summed E-state index contributed by atoms with van der Waals surface area (Å²) in [7, 11) is -1.71. The number of hydrogen-bond acceptors (Lipinski definition) is 4. The Kier molecular flexibility index (Phi) is 5.70. The van der Waals surface area contributed by atoms with Crippen LogP contribution in [-0.4, -0.2) is 29.0 Å². The molecule has 0 radical (unpaired) electrons. The van der Waals surface area contributed by atoms with Crippen molar-refractivity contribution in [3.8, 4) is 0 Å². The first-order valence-electron chi connectivity index (χ1n) is 8.38. The molecule has 26 heavy (non-hydrogen) atoms. The fraction of sp³-hybridized carbons (Fsp3) is 0.211. The first-order valence-corrected chi connectivity index (χ1v) is 8.38. The molecule has 3 aromatic rings. The fourth-order valence-corrected chi connectivity index (χ4v) is 2.89. The molecule has 1 aromatic heterocycles. The fourth-order valence-electron chi connectivity index (χ4n) is 2.89. The van der Waals surface area contributed by atoms with Gasteiger partial charge in [-0.3, -0.25) is 4.79 Å². The first-order chi connectivity index (χ1) is 12.5. The minimum atomic E-state index is -1.71. The van der Waals surface area contributed by atoms with Crippen LogP contribution >= 0.6 is 0 Å². The van der Waals surface area contributed by atoms with E-state index in [0.717, 1.165) is 10.9 Å². The molecule has 5 nitrogen and oxygen atoms in total. The van der Waals surface area contributed by atoms with Gasteiger partial charge in [0.25, 0.3) is 0 Å². The van der Waals surface area contributed by atoms with Crippen LogP contribution in [0.1, 0.15) is 17.5 Å². The Morgan fingerprint density at radius 3 is 2.77 bits per heavy atom. The number of nitrogens with one attached hydrogen (secondary N) is 1. The summed E-state index contributed by atoms with van der Waals surface area (Å²) in [5.41, 5.74) is 2.19. The lowest BCUT2D eigenvalue weighted by molar-refractivity contribution is -0.121. The van der Waals surface area contributed by atoms with Crippen LogP contribution in [0.4, 0.5) is 4.39 Å². The summed E-state index contributed by atoms with van der Waals surface area (Å²) in [6.07, 6.45) is 2.27. The Labute approximate surface area is 150 Å². The van der Waals surface area contributed by atoms with Gasteiger partial charge >= 0.3 is 7.12 Å². The monoisotopic (exact) mass is 355 g/mol. The summed E-state index contributed by atoms with van der Waals surface area (Å²) in [5.74, 6) is -1.55. The maximum absolute atomic E-state index is 13.2. The highest BCUT2D eigenvalue weighted by molar-refractivity contribution is 6.43. The molecule has 134 valence electrons. The van der Waals surface area contributed by atoms with Gasteiger partial charge in [-0.15, -0.1) is 0 Å². The molecule has 3 rings (SSSR count). The molecule has 0 spiro atoms. The molecule has 0 saturated heterocycles. The van der Waals surface area contributed by atoms with E-state index in [4.69, 9.17) is 4.42 Å². The lowest BCUT2D eigenvalue weighted by Gasteiger charge is -2.17. The van der Waals surface area contributed by atoms with Gasteiger partial charge in [-0.25, -0.2) is 4.39 Å². The van der Waals surface area contributed by atoms with Gasteiger partial charge in [-0.1, -0.05) is 30.3 Å². The van der Waals surface area contributed by atoms with E-state index in [9.17, 15) is 19.2 Å². The maximum atomic E-state index is 13.2. The molecule has 1 atom stereocenters. The molecule has 3 N–H and O–H groups in total. The zero-order valence-electron chi connectivity index (χ0n) is 14.1. The summed E-state index contributed by atoms with van der Waals surface area (Å²) < 4.78 is 18.6. The largest absolute Gasteiger partial charge is 0.475 e. The molecule has 1 heterocycles. The number of para-hydroxylation sites is 1. The maximum Gasteiger partial charge on any atom is 0.475 e. The molecular weight excluding hydrogens is 336 g/mol. The molecule has 1 unspecified atom stereocenters. The third-order valence-corrected chi connectivity index (χ3v) is 4.24. The van der Waals surface area contributed by atoms with E-state index in [1.807, 2.05) is 24.3 Å². The molecule has 0 aliphatic rings. The smallest absolute Gasteiger partial charge is 0.464 e. The molecule has 0 aliphatic carbocycles. The van der Waals surface area contributed by atoms with Gasteiger partial charge in [0.05, 0.1) is 12.2 Å². The summed E-state index contributed by atoms with van der Waals surface area (Å²) in [4.78, 5) is 12.2. The second kappa shape index (κ2) is 8.16. The average Bonchev–Trinajstić information content (AvgIpc) is 3.02. The number of amides is 1. The normalized spacial score (nSPS) is 12.1. The minimum absolute atomic E-state index is 0.124. The number of fused-ring (bicyclic) bond motifs is 1. The summed E-state index contributed by atoms with van der Waals surface area (Å²) >= 11 is 0. The molecule has 0 fully saturated rings. The third kappa shape index (κ3) is 4.50. The van der Waals surface area contributed by atoms with Gasteiger partial charge in [-0.2, -0.15) is 0 Å². The van der Waals surface area contributed by atoms with Crippen LogP contribution in [0, 0.1) is 5.82 Å². The predicted octanol–water partition coefficient (Wildman–Crippen LogP) is 2.24. The van der Waals surface area contributed by atoms with E-state index < -0.39 is 13.1 Å². The predicted molar refractivity (Wildman–Crippen MR) is 96.8 cm³/mol. The summed E-state index contributed by atoms with van der Waals surface area (Å²) in [5, 5.41) is 22.7. The molecule has 7 heteroatoms. The average molecular weight is 355 g/mol. The van der Waals surface area contributed by atoms with Crippen LogP contribution in [0.5, 0.6) is 0 Å². The van der Waals surface area contributed by atoms with Gasteiger partial charge in [0.2, 0.25) is 5.91 Å². The van der Waals surface area contributed by atoms with Gasteiger partial charge in [0.1, 0.15) is 11.4 Å². The van der Waals surface area contributed by atoms with Crippen molar-refractivity contribution in [1.29, 1.82) is 0 Å². The number of carbonyl (C=O) groups is 1. The lowest BCUT2D eigenvalue weighted by atomic mass is 9.76. The van der Waals surface area contributed by atoms with Crippen LogP contribution in [0.2, 0.25) is 0 Å². The van der Waals surface area contributed by atoms with Crippen molar-refractivity contribution < 1.29 is 23.7 Å². The molecule has 2 aromatic carbocycles. The van der Waals surface area contributed by atoms with Crippen molar-refractivity contribution in [3.05, 3.63) is 71.7 Å². The highest BCUT2D eigenvalue weighted by Crippen LogP contribution is 2.22. The van der Waals surface area contributed by atoms with Gasteiger partial charge in [-0.05, 0) is 42.2 Å². The van der Waals surface area contributed by atoms with Gasteiger partial charge in [0.15, 0.2) is 0 Å². The molecule has 1 amide bonds. The van der Waals surface area contributed by atoms with Crippen molar-refractivity contribution in [2.75, 3.05) is 0 Å². The standard InChI is InChI=1S/C19H19BFNO4/c21-15-5-3-4-13(10-15)8-9-19(23)22-18(20(24)25)11-14-12-26-17-7-2-1-6-16(14)17/h1-7,10,12,18,24-25H,8-9,11H2,(H,22,23). The highest BCUT2D eigenvalue weighted by Gasteiger charge is 2.26. The van der Waals surface area contributed by atoms with E-state index >= 15 is 0 Å². The van der Waals surface area contributed by atoms with Crippen LogP contribution in [-0.2, 0) is 17.6 Å². The zero-order chi connectivity index (χ0) is 18.5. The summed E-state index contributed by atoms with van der Waals surface area (Å²) in [6.45, 7) is 0. The SMILES string of the molecule is O=C(CCc1cccc(F)c1)NC(Cc1coc2ccccc12)B(O)O. The van der Waals surface area contributed by atoms with E-state index in [1.54, 1.807) is 18.4 Å². The summed E-state index contributed by atoms with van der Waals surface area (Å²) in [6, 6.07) is 13.5. The Hall–Kier alpha value is -2.64. The van der Waals surface area contributed by atoms with E-state index in [0.29, 0.717) is 17.6 Å². The number of carbonyl (C=O) groups excluding carboxylic acids is 1. The number of benzene rings is 2. The topological polar surface area (TPSA) is 82.7 Å². The van der Waals surface area contributed by atoms with Crippen LogP contribution < -0.4 is 5.32 Å². The number of hydrogen-bond donors (Lipinski definition) is 3. The van der Waals surface area contributed by atoms with Gasteiger partial charge < -0.3 is 19.8 Å². The molecule has 0 aliphatic heterocycles. The van der Waals surface area contributed by atoms with Crippen molar-refractivity contribution in [2.45, 2.75) is 25.2 Å². The molecule has 0 bridgehead atoms. The number of halogens is 1. The Bertz CT molecular complexity index is 896. The first kappa shape index (κ1) is 18.2. The van der Waals surface area contributed by atoms with Crippen molar-refractivity contribution in [3.63, 3.8) is 0 Å². The lowest BCUT2D eigenvalue weighted by Crippen LogP contribution is -2.47. The van der Waals surface area contributed by atoms with E-state index in [2.05, 4.69) is 5.32 Å². The Morgan fingerprint density at radius 1 is 1.19 bits per heavy atom. The number of furan rings is 1.